The highest BCUT2D eigenvalue weighted by Crippen LogP contribution is 2.30. The third-order valence-electron chi connectivity index (χ3n) is 5.52. The Morgan fingerprint density at radius 1 is 1.03 bits per heavy atom. The highest BCUT2D eigenvalue weighted by Gasteiger charge is 2.29. The van der Waals surface area contributed by atoms with Crippen molar-refractivity contribution in [2.45, 2.75) is 51.9 Å². The number of halogens is 1. The van der Waals surface area contributed by atoms with Crippen LogP contribution >= 0.6 is 0 Å². The number of aryl methyl sites for hydroxylation is 2. The molecule has 3 amide bonds. The number of nitrogens with zero attached hydrogens (tertiary/aromatic N) is 2. The maximum atomic E-state index is 14.6. The quantitative estimate of drug-likeness (QED) is 0.440. The van der Waals surface area contributed by atoms with E-state index in [0.29, 0.717) is 24.4 Å². The van der Waals surface area contributed by atoms with Crippen LogP contribution in [0.25, 0.3) is 0 Å². The number of rotatable bonds is 7. The smallest absolute Gasteiger partial charge is 0.326 e. The number of hydrogen-bond donors (Lipinski definition) is 3. The van der Waals surface area contributed by atoms with Gasteiger partial charge in [-0.3, -0.25) is 10.1 Å². The van der Waals surface area contributed by atoms with Gasteiger partial charge in [0.1, 0.15) is 11.6 Å². The summed E-state index contributed by atoms with van der Waals surface area (Å²) in [6, 6.07) is 9.42. The molecule has 1 fully saturated rings. The predicted molar refractivity (Wildman–Crippen MR) is 127 cm³/mol. The standard InChI is InChI=1S/C25H28FN5O3/c1-25(2,3)20-14-22(34-31-20)30-24(33)28-19-9-6-15(12-18(19)26)4-5-16-10-11-27-21(13-16)29-23(32)17-7-8-17/h6,9-14,17H,4-5,7-8H2,1-3H3,(H,27,29,32)(H2,28,30,33). The van der Waals surface area contributed by atoms with Gasteiger partial charge in [-0.15, -0.1) is 0 Å². The number of urea groups is 1. The zero-order valence-corrected chi connectivity index (χ0v) is 19.4. The number of pyridine rings is 1. The minimum Gasteiger partial charge on any atom is -0.338 e. The van der Waals surface area contributed by atoms with E-state index in [0.717, 1.165) is 24.0 Å². The van der Waals surface area contributed by atoms with Crippen LogP contribution in [0.5, 0.6) is 0 Å². The molecule has 1 aliphatic carbocycles. The lowest BCUT2D eigenvalue weighted by Gasteiger charge is -2.12. The molecule has 0 saturated heterocycles. The topological polar surface area (TPSA) is 109 Å². The fourth-order valence-electron chi connectivity index (χ4n) is 3.33. The van der Waals surface area contributed by atoms with Crippen LogP contribution in [0, 0.1) is 11.7 Å². The van der Waals surface area contributed by atoms with Gasteiger partial charge in [-0.2, -0.15) is 0 Å². The number of hydrogen-bond acceptors (Lipinski definition) is 5. The molecule has 0 bridgehead atoms. The molecule has 0 radical (unpaired) electrons. The average molecular weight is 466 g/mol. The Balaban J connectivity index is 1.31. The maximum Gasteiger partial charge on any atom is 0.326 e. The molecule has 178 valence electrons. The molecule has 2 heterocycles. The Kier molecular flexibility index (Phi) is 6.63. The van der Waals surface area contributed by atoms with E-state index in [1.165, 1.54) is 12.1 Å². The second-order valence-electron chi connectivity index (χ2n) is 9.53. The lowest BCUT2D eigenvalue weighted by molar-refractivity contribution is -0.117. The number of carbonyl (C=O) groups excluding carboxylic acids is 2. The minimum absolute atomic E-state index is 0.0109. The van der Waals surface area contributed by atoms with Crippen molar-refractivity contribution in [1.29, 1.82) is 0 Å². The van der Waals surface area contributed by atoms with Crippen molar-refractivity contribution in [3.8, 4) is 0 Å². The summed E-state index contributed by atoms with van der Waals surface area (Å²) >= 11 is 0. The SMILES string of the molecule is CC(C)(C)c1cc(NC(=O)Nc2ccc(CCc3ccnc(NC(=O)C4CC4)c3)cc2F)on1. The largest absolute Gasteiger partial charge is 0.338 e. The number of benzene rings is 1. The monoisotopic (exact) mass is 465 g/mol. The van der Waals surface area contributed by atoms with Crippen LogP contribution in [0.4, 0.5) is 26.6 Å². The van der Waals surface area contributed by atoms with Gasteiger partial charge in [0.25, 0.3) is 0 Å². The van der Waals surface area contributed by atoms with Gasteiger partial charge < -0.3 is 15.2 Å². The van der Waals surface area contributed by atoms with Gasteiger partial charge in [0, 0.05) is 23.6 Å². The number of carbonyl (C=O) groups is 2. The Morgan fingerprint density at radius 3 is 2.41 bits per heavy atom. The van der Waals surface area contributed by atoms with Gasteiger partial charge in [0.05, 0.1) is 11.4 Å². The van der Waals surface area contributed by atoms with E-state index < -0.39 is 11.8 Å². The normalized spacial score (nSPS) is 13.4. The lowest BCUT2D eigenvalue weighted by atomic mass is 9.92. The summed E-state index contributed by atoms with van der Waals surface area (Å²) in [5.41, 5.74) is 2.32. The molecule has 1 saturated carbocycles. The highest BCUT2D eigenvalue weighted by atomic mass is 19.1. The molecule has 1 aromatic carbocycles. The molecule has 8 nitrogen and oxygen atoms in total. The van der Waals surface area contributed by atoms with Crippen LogP contribution in [0.2, 0.25) is 0 Å². The zero-order chi connectivity index (χ0) is 24.3. The third kappa shape index (κ3) is 6.18. The summed E-state index contributed by atoms with van der Waals surface area (Å²) in [5.74, 6) is 0.306. The first-order valence-corrected chi connectivity index (χ1v) is 11.3. The molecule has 2 aromatic heterocycles. The second-order valence-corrected chi connectivity index (χ2v) is 9.53. The van der Waals surface area contributed by atoms with Crippen LogP contribution in [0.3, 0.4) is 0 Å². The molecule has 4 rings (SSSR count). The predicted octanol–water partition coefficient (Wildman–Crippen LogP) is 5.28. The molecule has 0 atom stereocenters. The molecule has 1 aliphatic rings. The van der Waals surface area contributed by atoms with Gasteiger partial charge in [-0.25, -0.2) is 14.2 Å². The molecule has 34 heavy (non-hydrogen) atoms. The van der Waals surface area contributed by atoms with Crippen LogP contribution in [0.1, 0.15) is 50.4 Å². The molecule has 3 aromatic rings. The summed E-state index contributed by atoms with van der Waals surface area (Å²) in [6.07, 6.45) is 4.77. The molecular formula is C25H28FN5O3. The van der Waals surface area contributed by atoms with E-state index >= 15 is 0 Å². The first-order valence-electron chi connectivity index (χ1n) is 11.3. The van der Waals surface area contributed by atoms with Crippen LogP contribution in [0.15, 0.2) is 47.1 Å². The van der Waals surface area contributed by atoms with E-state index in [1.54, 1.807) is 18.3 Å². The molecule has 0 unspecified atom stereocenters. The Hall–Kier alpha value is -3.75. The first kappa shape index (κ1) is 23.4. The van der Waals surface area contributed by atoms with Crippen molar-refractivity contribution in [1.82, 2.24) is 10.1 Å². The minimum atomic E-state index is -0.624. The van der Waals surface area contributed by atoms with Crippen molar-refractivity contribution in [2.24, 2.45) is 5.92 Å². The van der Waals surface area contributed by atoms with Crippen molar-refractivity contribution in [3.05, 3.63) is 65.2 Å². The van der Waals surface area contributed by atoms with E-state index in [4.69, 9.17) is 4.52 Å². The number of amides is 3. The van der Waals surface area contributed by atoms with E-state index in [9.17, 15) is 14.0 Å². The van der Waals surface area contributed by atoms with Gasteiger partial charge >= 0.3 is 6.03 Å². The van der Waals surface area contributed by atoms with Crippen molar-refractivity contribution >= 4 is 29.3 Å². The lowest BCUT2D eigenvalue weighted by Crippen LogP contribution is -2.20. The molecule has 9 heteroatoms. The van der Waals surface area contributed by atoms with Crippen LogP contribution in [-0.2, 0) is 23.1 Å². The average Bonchev–Trinajstić information content (AvgIpc) is 3.52. The number of anilines is 3. The summed E-state index contributed by atoms with van der Waals surface area (Å²) in [5, 5.41) is 11.8. The Bertz CT molecular complexity index is 1200. The Labute approximate surface area is 197 Å². The fraction of sp³-hybridized carbons (Fsp3) is 0.360. The van der Waals surface area contributed by atoms with Gasteiger partial charge in [-0.05, 0) is 61.1 Å². The maximum absolute atomic E-state index is 14.6. The summed E-state index contributed by atoms with van der Waals surface area (Å²) in [4.78, 5) is 28.3. The van der Waals surface area contributed by atoms with Crippen LogP contribution < -0.4 is 16.0 Å². The van der Waals surface area contributed by atoms with Crippen molar-refractivity contribution in [2.75, 3.05) is 16.0 Å². The van der Waals surface area contributed by atoms with Gasteiger partial charge in [0.15, 0.2) is 0 Å². The van der Waals surface area contributed by atoms with E-state index in [2.05, 4.69) is 26.1 Å². The summed E-state index contributed by atoms with van der Waals surface area (Å²) in [7, 11) is 0. The first-order chi connectivity index (χ1) is 16.2. The Morgan fingerprint density at radius 2 is 1.76 bits per heavy atom. The molecule has 0 spiro atoms. The molecule has 0 aliphatic heterocycles. The molecular weight excluding hydrogens is 437 g/mol. The number of aromatic nitrogens is 2. The van der Waals surface area contributed by atoms with E-state index in [-0.39, 0.29) is 28.8 Å². The van der Waals surface area contributed by atoms with E-state index in [1.807, 2.05) is 32.9 Å². The number of nitrogens with one attached hydrogen (secondary N) is 3. The fourth-order valence-corrected chi connectivity index (χ4v) is 3.33. The van der Waals surface area contributed by atoms with Gasteiger partial charge in [0.2, 0.25) is 11.8 Å². The summed E-state index contributed by atoms with van der Waals surface area (Å²) < 4.78 is 19.7. The zero-order valence-electron chi connectivity index (χ0n) is 19.4. The van der Waals surface area contributed by atoms with Crippen molar-refractivity contribution < 1.29 is 18.5 Å². The molecule has 3 N–H and O–H groups in total. The summed E-state index contributed by atoms with van der Waals surface area (Å²) in [6.45, 7) is 5.94. The van der Waals surface area contributed by atoms with Crippen LogP contribution in [-0.4, -0.2) is 22.1 Å². The highest BCUT2D eigenvalue weighted by molar-refractivity contribution is 5.99. The second kappa shape index (κ2) is 9.62. The van der Waals surface area contributed by atoms with Gasteiger partial charge in [-0.1, -0.05) is 32.0 Å². The third-order valence-corrected chi connectivity index (χ3v) is 5.52. The van der Waals surface area contributed by atoms with Crippen molar-refractivity contribution in [3.63, 3.8) is 0 Å².